The molecule has 4 nitrogen and oxygen atoms in total. The lowest BCUT2D eigenvalue weighted by atomic mass is 9.99. The maximum absolute atomic E-state index is 13.4. The van der Waals surface area contributed by atoms with Gasteiger partial charge >= 0.3 is 12.1 Å². The molecule has 0 radical (unpaired) electrons. The third kappa shape index (κ3) is 5.21. The molecule has 0 saturated carbocycles. The lowest BCUT2D eigenvalue weighted by Gasteiger charge is -2.15. The molecule has 0 saturated heterocycles. The molecule has 1 heterocycles. The van der Waals surface area contributed by atoms with Crippen LogP contribution in [0.1, 0.15) is 53.3 Å². The van der Waals surface area contributed by atoms with Crippen LogP contribution in [-0.2, 0) is 30.4 Å². The zero-order valence-electron chi connectivity index (χ0n) is 17.7. The number of alkyl halides is 3. The van der Waals surface area contributed by atoms with Crippen molar-refractivity contribution in [2.24, 2.45) is 0 Å². The molecule has 166 valence electrons. The molecular formula is C24H25F3O4. The third-order valence-corrected chi connectivity index (χ3v) is 5.41. The fourth-order valence-corrected chi connectivity index (χ4v) is 3.60. The van der Waals surface area contributed by atoms with Crippen LogP contribution in [0.15, 0.2) is 34.7 Å². The van der Waals surface area contributed by atoms with Gasteiger partial charge in [0.1, 0.15) is 23.7 Å². The Kier molecular flexibility index (Phi) is 6.62. The van der Waals surface area contributed by atoms with E-state index in [0.29, 0.717) is 40.9 Å². The number of carboxylic acid groups (broad SMARTS) is 1. The first-order valence-corrected chi connectivity index (χ1v) is 10.2. The molecule has 31 heavy (non-hydrogen) atoms. The summed E-state index contributed by atoms with van der Waals surface area (Å²) in [4.78, 5) is 10.8. The summed E-state index contributed by atoms with van der Waals surface area (Å²) in [6.45, 7) is 5.63. The maximum atomic E-state index is 13.4. The number of carboxylic acids is 1. The number of benzene rings is 2. The average molecular weight is 434 g/mol. The number of rotatable bonds is 8. The molecule has 0 fully saturated rings. The van der Waals surface area contributed by atoms with Crippen molar-refractivity contribution in [3.63, 3.8) is 0 Å². The van der Waals surface area contributed by atoms with E-state index in [-0.39, 0.29) is 13.0 Å². The van der Waals surface area contributed by atoms with Gasteiger partial charge < -0.3 is 14.3 Å². The molecule has 3 rings (SSSR count). The number of hydrogen-bond donors (Lipinski definition) is 1. The highest BCUT2D eigenvalue weighted by Crippen LogP contribution is 2.35. The molecular weight excluding hydrogens is 409 g/mol. The van der Waals surface area contributed by atoms with E-state index in [2.05, 4.69) is 0 Å². The van der Waals surface area contributed by atoms with Gasteiger partial charge in [-0.1, -0.05) is 13.0 Å². The molecule has 0 bridgehead atoms. The zero-order chi connectivity index (χ0) is 22.8. The summed E-state index contributed by atoms with van der Waals surface area (Å²) >= 11 is 0. The van der Waals surface area contributed by atoms with E-state index in [4.69, 9.17) is 14.3 Å². The van der Waals surface area contributed by atoms with Gasteiger partial charge in [-0.15, -0.1) is 0 Å². The van der Waals surface area contributed by atoms with E-state index < -0.39 is 17.7 Å². The molecule has 0 aliphatic heterocycles. The molecule has 0 amide bonds. The van der Waals surface area contributed by atoms with Crippen LogP contribution in [0.3, 0.4) is 0 Å². The van der Waals surface area contributed by atoms with E-state index in [1.807, 2.05) is 20.8 Å². The number of aryl methyl sites for hydroxylation is 2. The second kappa shape index (κ2) is 9.04. The predicted molar refractivity (Wildman–Crippen MR) is 111 cm³/mol. The highest BCUT2D eigenvalue weighted by molar-refractivity contribution is 5.82. The molecule has 7 heteroatoms. The van der Waals surface area contributed by atoms with E-state index in [0.717, 1.165) is 35.2 Å². The molecule has 3 aromatic rings. The van der Waals surface area contributed by atoms with Crippen molar-refractivity contribution in [2.75, 3.05) is 0 Å². The van der Waals surface area contributed by atoms with Gasteiger partial charge in [0.25, 0.3) is 0 Å². The minimum Gasteiger partial charge on any atom is -0.488 e. The standard InChI is InChI=1S/C24H25F3O4/c1-4-5-20-12-17-10-19(24(25,26)27)11-18(23(17)31-20)13-30-21-8-6-16(7-9-22(28)29)14(2)15(21)3/h6,8,10-12H,4-5,7,9,13H2,1-3H3,(H,28,29). The van der Waals surface area contributed by atoms with Crippen molar-refractivity contribution in [1.29, 1.82) is 0 Å². The fourth-order valence-electron chi connectivity index (χ4n) is 3.60. The summed E-state index contributed by atoms with van der Waals surface area (Å²) in [5, 5.41) is 9.30. The van der Waals surface area contributed by atoms with Gasteiger partial charge in [0.05, 0.1) is 5.56 Å². The number of aliphatic carboxylic acids is 1. The Morgan fingerprint density at radius 1 is 1.06 bits per heavy atom. The molecule has 0 spiro atoms. The Morgan fingerprint density at radius 2 is 1.81 bits per heavy atom. The number of fused-ring (bicyclic) bond motifs is 1. The largest absolute Gasteiger partial charge is 0.488 e. The van der Waals surface area contributed by atoms with Crippen LogP contribution in [-0.4, -0.2) is 11.1 Å². The SMILES string of the molecule is CCCc1cc2cc(C(F)(F)F)cc(COc3ccc(CCC(=O)O)c(C)c3C)c2o1. The summed E-state index contributed by atoms with van der Waals surface area (Å²) in [5.74, 6) is 0.321. The number of carbonyl (C=O) groups is 1. The second-order valence-corrected chi connectivity index (χ2v) is 7.67. The summed E-state index contributed by atoms with van der Waals surface area (Å²) in [7, 11) is 0. The van der Waals surface area contributed by atoms with Crippen molar-refractivity contribution >= 4 is 16.9 Å². The first kappa shape index (κ1) is 22.7. The fraction of sp³-hybridized carbons (Fsp3) is 0.375. The lowest BCUT2D eigenvalue weighted by Crippen LogP contribution is -2.07. The van der Waals surface area contributed by atoms with Crippen molar-refractivity contribution in [3.8, 4) is 5.75 Å². The highest BCUT2D eigenvalue weighted by Gasteiger charge is 2.32. The Morgan fingerprint density at radius 3 is 2.45 bits per heavy atom. The van der Waals surface area contributed by atoms with Gasteiger partial charge in [0.2, 0.25) is 0 Å². The van der Waals surface area contributed by atoms with Crippen LogP contribution in [0.2, 0.25) is 0 Å². The maximum Gasteiger partial charge on any atom is 0.416 e. The summed E-state index contributed by atoms with van der Waals surface area (Å²) in [6, 6.07) is 7.37. The van der Waals surface area contributed by atoms with Crippen LogP contribution >= 0.6 is 0 Å². The van der Waals surface area contributed by atoms with Crippen LogP contribution in [0, 0.1) is 13.8 Å². The summed E-state index contributed by atoms with van der Waals surface area (Å²) in [5.41, 5.74) is 2.65. The monoisotopic (exact) mass is 434 g/mol. The average Bonchev–Trinajstić information content (AvgIpc) is 3.10. The normalized spacial score (nSPS) is 11.8. The Labute approximate surface area is 178 Å². The quantitative estimate of drug-likeness (QED) is 0.433. The van der Waals surface area contributed by atoms with Crippen molar-refractivity contribution in [1.82, 2.24) is 0 Å². The molecule has 1 N–H and O–H groups in total. The summed E-state index contributed by atoms with van der Waals surface area (Å²) < 4.78 is 51.9. The van der Waals surface area contributed by atoms with Crippen molar-refractivity contribution in [3.05, 3.63) is 63.9 Å². The van der Waals surface area contributed by atoms with Crippen molar-refractivity contribution < 1.29 is 32.2 Å². The smallest absolute Gasteiger partial charge is 0.416 e. The number of halogens is 3. The first-order valence-electron chi connectivity index (χ1n) is 10.2. The number of furan rings is 1. The van der Waals surface area contributed by atoms with E-state index in [9.17, 15) is 18.0 Å². The van der Waals surface area contributed by atoms with E-state index >= 15 is 0 Å². The molecule has 0 atom stereocenters. The van der Waals surface area contributed by atoms with E-state index in [1.165, 1.54) is 0 Å². The predicted octanol–water partition coefficient (Wildman–Crippen LogP) is 6.62. The number of hydrogen-bond acceptors (Lipinski definition) is 3. The minimum atomic E-state index is -4.47. The minimum absolute atomic E-state index is 0.0291. The Hall–Kier alpha value is -2.96. The van der Waals surface area contributed by atoms with Gasteiger partial charge in [0, 0.05) is 23.8 Å². The topological polar surface area (TPSA) is 59.7 Å². The van der Waals surface area contributed by atoms with Crippen LogP contribution in [0.4, 0.5) is 13.2 Å². The van der Waals surface area contributed by atoms with Gasteiger partial charge in [-0.05, 0) is 67.6 Å². The lowest BCUT2D eigenvalue weighted by molar-refractivity contribution is -0.138. The van der Waals surface area contributed by atoms with Crippen molar-refractivity contribution in [2.45, 2.75) is 59.2 Å². The Bertz CT molecular complexity index is 1100. The molecule has 1 aromatic heterocycles. The van der Waals surface area contributed by atoms with Crippen LogP contribution in [0.25, 0.3) is 11.0 Å². The molecule has 2 aromatic carbocycles. The zero-order valence-corrected chi connectivity index (χ0v) is 17.7. The molecule has 0 aliphatic carbocycles. The van der Waals surface area contributed by atoms with Gasteiger partial charge in [-0.3, -0.25) is 4.79 Å². The number of ether oxygens (including phenoxy) is 1. The second-order valence-electron chi connectivity index (χ2n) is 7.67. The Balaban J connectivity index is 1.90. The third-order valence-electron chi connectivity index (χ3n) is 5.41. The van der Waals surface area contributed by atoms with Crippen LogP contribution in [0.5, 0.6) is 5.75 Å². The van der Waals surface area contributed by atoms with Crippen LogP contribution < -0.4 is 4.74 Å². The van der Waals surface area contributed by atoms with Gasteiger partial charge in [0.15, 0.2) is 0 Å². The molecule has 0 aliphatic rings. The van der Waals surface area contributed by atoms with Gasteiger partial charge in [-0.25, -0.2) is 0 Å². The van der Waals surface area contributed by atoms with E-state index in [1.54, 1.807) is 18.2 Å². The summed E-state index contributed by atoms with van der Waals surface area (Å²) in [6.07, 6.45) is -2.56. The first-order chi connectivity index (χ1) is 14.6. The highest BCUT2D eigenvalue weighted by atomic mass is 19.4. The molecule has 0 unspecified atom stereocenters. The van der Waals surface area contributed by atoms with Gasteiger partial charge in [-0.2, -0.15) is 13.2 Å².